The van der Waals surface area contributed by atoms with Gasteiger partial charge >= 0.3 is 0 Å². The minimum atomic E-state index is 0.121. The van der Waals surface area contributed by atoms with E-state index in [1.54, 1.807) is 0 Å². The normalized spacial score (nSPS) is 12.6. The molecule has 0 saturated heterocycles. The fourth-order valence-electron chi connectivity index (χ4n) is 2.45. The molecule has 0 bridgehead atoms. The van der Waals surface area contributed by atoms with Gasteiger partial charge < -0.3 is 9.88 Å². The van der Waals surface area contributed by atoms with E-state index in [4.69, 9.17) is 0 Å². The van der Waals surface area contributed by atoms with Gasteiger partial charge in [-0.2, -0.15) is 0 Å². The number of hydrogen-bond donors (Lipinski definition) is 1. The molecular formula is C16H22BrN3. The van der Waals surface area contributed by atoms with Crippen LogP contribution in [-0.2, 0) is 6.54 Å². The summed E-state index contributed by atoms with van der Waals surface area (Å²) in [6, 6.07) is 6.51. The Balaban J connectivity index is 2.45. The molecule has 1 heterocycles. The second-order valence-corrected chi connectivity index (χ2v) is 5.74. The highest BCUT2D eigenvalue weighted by Crippen LogP contribution is 2.30. The molecule has 4 heteroatoms. The highest BCUT2D eigenvalue weighted by Gasteiger charge is 2.20. The number of rotatable bonds is 6. The molecular weight excluding hydrogens is 314 g/mol. The van der Waals surface area contributed by atoms with Crippen molar-refractivity contribution in [1.82, 2.24) is 14.9 Å². The topological polar surface area (TPSA) is 29.9 Å². The summed E-state index contributed by atoms with van der Waals surface area (Å²) in [5, 5.41) is 3.55. The Kier molecular flexibility index (Phi) is 5.38. The number of nitrogens with one attached hydrogen (secondary N) is 1. The quantitative estimate of drug-likeness (QED) is 0.862. The lowest BCUT2D eigenvalue weighted by Crippen LogP contribution is -2.26. The zero-order valence-electron chi connectivity index (χ0n) is 12.4. The molecule has 0 saturated carbocycles. The molecule has 2 rings (SSSR count). The van der Waals surface area contributed by atoms with Crippen molar-refractivity contribution < 1.29 is 0 Å². The number of hydrogen-bond acceptors (Lipinski definition) is 2. The van der Waals surface area contributed by atoms with Crippen LogP contribution in [0.25, 0.3) is 0 Å². The number of benzene rings is 1. The number of nitrogens with zero attached hydrogens (tertiary/aromatic N) is 2. The number of aryl methyl sites for hydroxylation is 2. The first-order chi connectivity index (χ1) is 9.69. The van der Waals surface area contributed by atoms with Gasteiger partial charge in [0.05, 0.1) is 6.04 Å². The third-order valence-corrected chi connectivity index (χ3v) is 4.49. The molecule has 2 aromatic rings. The SMILES string of the molecule is CCCn1ccnc1C(NCC)c1cccc(C)c1Br. The van der Waals surface area contributed by atoms with E-state index in [-0.39, 0.29) is 6.04 Å². The summed E-state index contributed by atoms with van der Waals surface area (Å²) < 4.78 is 3.40. The zero-order valence-corrected chi connectivity index (χ0v) is 13.9. The summed E-state index contributed by atoms with van der Waals surface area (Å²) in [7, 11) is 0. The van der Waals surface area contributed by atoms with Crippen molar-refractivity contribution in [1.29, 1.82) is 0 Å². The highest BCUT2D eigenvalue weighted by atomic mass is 79.9. The maximum Gasteiger partial charge on any atom is 0.130 e. The predicted octanol–water partition coefficient (Wildman–Crippen LogP) is 4.06. The summed E-state index contributed by atoms with van der Waals surface area (Å²) in [5.41, 5.74) is 2.49. The van der Waals surface area contributed by atoms with E-state index in [1.807, 2.05) is 6.20 Å². The van der Waals surface area contributed by atoms with E-state index >= 15 is 0 Å². The van der Waals surface area contributed by atoms with Crippen LogP contribution >= 0.6 is 15.9 Å². The highest BCUT2D eigenvalue weighted by molar-refractivity contribution is 9.10. The molecule has 0 aliphatic heterocycles. The number of aromatic nitrogens is 2. The maximum atomic E-state index is 4.58. The van der Waals surface area contributed by atoms with Gasteiger partial charge in [0.15, 0.2) is 0 Å². The molecule has 0 fully saturated rings. The first kappa shape index (κ1) is 15.3. The molecule has 1 aromatic heterocycles. The molecule has 1 atom stereocenters. The first-order valence-corrected chi connectivity index (χ1v) is 7.97. The van der Waals surface area contributed by atoms with Crippen molar-refractivity contribution in [3.63, 3.8) is 0 Å². The fraction of sp³-hybridized carbons (Fsp3) is 0.438. The molecule has 1 N–H and O–H groups in total. The minimum absolute atomic E-state index is 0.121. The summed E-state index contributed by atoms with van der Waals surface area (Å²) in [5.74, 6) is 1.08. The van der Waals surface area contributed by atoms with E-state index in [1.165, 1.54) is 11.1 Å². The molecule has 0 spiro atoms. The molecule has 0 aliphatic carbocycles. The van der Waals surface area contributed by atoms with Gasteiger partial charge in [-0.15, -0.1) is 0 Å². The van der Waals surface area contributed by atoms with Gasteiger partial charge in [-0.05, 0) is 31.0 Å². The molecule has 0 radical (unpaired) electrons. The first-order valence-electron chi connectivity index (χ1n) is 7.18. The summed E-state index contributed by atoms with van der Waals surface area (Å²) >= 11 is 3.72. The Morgan fingerprint density at radius 1 is 1.35 bits per heavy atom. The molecule has 0 amide bonds. The lowest BCUT2D eigenvalue weighted by atomic mass is 10.0. The van der Waals surface area contributed by atoms with E-state index in [2.05, 4.69) is 76.0 Å². The van der Waals surface area contributed by atoms with Crippen LogP contribution in [0.3, 0.4) is 0 Å². The molecule has 0 aliphatic rings. The fourth-order valence-corrected chi connectivity index (χ4v) is 2.94. The second kappa shape index (κ2) is 7.04. The average molecular weight is 336 g/mol. The Morgan fingerprint density at radius 2 is 2.15 bits per heavy atom. The summed E-state index contributed by atoms with van der Waals surface area (Å²) in [4.78, 5) is 4.58. The van der Waals surface area contributed by atoms with E-state index in [0.29, 0.717) is 0 Å². The van der Waals surface area contributed by atoms with Crippen molar-refractivity contribution in [3.8, 4) is 0 Å². The molecule has 20 heavy (non-hydrogen) atoms. The Labute approximate surface area is 129 Å². The standard InChI is InChI=1S/C16H22BrN3/c1-4-10-20-11-9-19-16(20)15(18-5-2)13-8-6-7-12(3)14(13)17/h6-9,11,15,18H,4-5,10H2,1-3H3. The van der Waals surface area contributed by atoms with Gasteiger partial charge in [-0.1, -0.05) is 48.0 Å². The smallest absolute Gasteiger partial charge is 0.130 e. The van der Waals surface area contributed by atoms with Gasteiger partial charge in [0.25, 0.3) is 0 Å². The van der Waals surface area contributed by atoms with Crippen molar-refractivity contribution in [2.45, 2.75) is 39.8 Å². The third-order valence-electron chi connectivity index (χ3n) is 3.41. The molecule has 1 unspecified atom stereocenters. The van der Waals surface area contributed by atoms with Gasteiger partial charge in [0, 0.05) is 23.4 Å². The van der Waals surface area contributed by atoms with Gasteiger partial charge in [-0.3, -0.25) is 0 Å². The maximum absolute atomic E-state index is 4.58. The molecule has 1 aromatic carbocycles. The van der Waals surface area contributed by atoms with Crippen molar-refractivity contribution in [2.24, 2.45) is 0 Å². The van der Waals surface area contributed by atoms with Crippen LogP contribution in [-0.4, -0.2) is 16.1 Å². The lowest BCUT2D eigenvalue weighted by molar-refractivity contribution is 0.542. The van der Waals surface area contributed by atoms with Crippen LogP contribution in [0.5, 0.6) is 0 Å². The summed E-state index contributed by atoms with van der Waals surface area (Å²) in [6.45, 7) is 8.35. The average Bonchev–Trinajstić information content (AvgIpc) is 2.88. The van der Waals surface area contributed by atoms with Crippen LogP contribution in [0, 0.1) is 6.92 Å². The number of halogens is 1. The van der Waals surface area contributed by atoms with E-state index in [0.717, 1.165) is 29.8 Å². The summed E-state index contributed by atoms with van der Waals surface area (Å²) in [6.07, 6.45) is 5.06. The van der Waals surface area contributed by atoms with Gasteiger partial charge in [0.1, 0.15) is 5.82 Å². The minimum Gasteiger partial charge on any atom is -0.333 e. The van der Waals surface area contributed by atoms with Crippen LogP contribution in [0.4, 0.5) is 0 Å². The third kappa shape index (κ3) is 3.13. The van der Waals surface area contributed by atoms with Gasteiger partial charge in [-0.25, -0.2) is 4.98 Å². The monoisotopic (exact) mass is 335 g/mol. The molecule has 108 valence electrons. The lowest BCUT2D eigenvalue weighted by Gasteiger charge is -2.21. The van der Waals surface area contributed by atoms with E-state index in [9.17, 15) is 0 Å². The Morgan fingerprint density at radius 3 is 2.85 bits per heavy atom. The predicted molar refractivity (Wildman–Crippen MR) is 86.9 cm³/mol. The van der Waals surface area contributed by atoms with Crippen LogP contribution in [0.15, 0.2) is 35.1 Å². The Bertz CT molecular complexity index is 563. The van der Waals surface area contributed by atoms with Crippen LogP contribution < -0.4 is 5.32 Å². The largest absolute Gasteiger partial charge is 0.333 e. The van der Waals surface area contributed by atoms with Crippen molar-refractivity contribution in [2.75, 3.05) is 6.54 Å². The van der Waals surface area contributed by atoms with Crippen LogP contribution in [0.1, 0.15) is 43.3 Å². The zero-order chi connectivity index (χ0) is 14.5. The molecule has 3 nitrogen and oxygen atoms in total. The van der Waals surface area contributed by atoms with Gasteiger partial charge in [0.2, 0.25) is 0 Å². The second-order valence-electron chi connectivity index (χ2n) is 4.95. The number of imidazole rings is 1. The Hall–Kier alpha value is -1.13. The van der Waals surface area contributed by atoms with Crippen molar-refractivity contribution >= 4 is 15.9 Å². The van der Waals surface area contributed by atoms with Crippen LogP contribution in [0.2, 0.25) is 0 Å². The van der Waals surface area contributed by atoms with E-state index < -0.39 is 0 Å². The van der Waals surface area contributed by atoms with Crippen molar-refractivity contribution in [3.05, 3.63) is 52.0 Å².